The fourth-order valence-electron chi connectivity index (χ4n) is 2.39. The van der Waals surface area contributed by atoms with Crippen molar-refractivity contribution in [2.45, 2.75) is 19.9 Å². The number of aromatic nitrogens is 3. The molecule has 1 amide bonds. The van der Waals surface area contributed by atoms with E-state index in [0.717, 1.165) is 13.1 Å². The monoisotopic (exact) mass is 287 g/mol. The van der Waals surface area contributed by atoms with Gasteiger partial charge in [0.1, 0.15) is 0 Å². The molecule has 0 bridgehead atoms. The van der Waals surface area contributed by atoms with Crippen molar-refractivity contribution in [2.24, 2.45) is 0 Å². The van der Waals surface area contributed by atoms with E-state index in [2.05, 4.69) is 51.6 Å². The molecule has 0 saturated heterocycles. The summed E-state index contributed by atoms with van der Waals surface area (Å²) in [5, 5.41) is 12.8. The summed E-state index contributed by atoms with van der Waals surface area (Å²) in [6.07, 6.45) is 1.42. The molecule has 2 N–H and O–H groups in total. The van der Waals surface area contributed by atoms with Gasteiger partial charge in [0, 0.05) is 6.54 Å². The minimum Gasteiger partial charge on any atom is -0.349 e. The zero-order chi connectivity index (χ0) is 15.1. The Kier molecular flexibility index (Phi) is 5.45. The Balaban J connectivity index is 2.08. The molecule has 21 heavy (non-hydrogen) atoms. The van der Waals surface area contributed by atoms with E-state index in [4.69, 9.17) is 0 Å². The lowest BCUT2D eigenvalue weighted by Crippen LogP contribution is -2.38. The molecule has 6 nitrogen and oxygen atoms in total. The van der Waals surface area contributed by atoms with Crippen LogP contribution in [0.2, 0.25) is 0 Å². The van der Waals surface area contributed by atoms with E-state index >= 15 is 0 Å². The maximum atomic E-state index is 12.0. The molecule has 0 aliphatic rings. The standard InChI is InChI=1S/C15H21N5O/c1-3-20(4-2)14(12-8-6-5-7-9-12)11-16-15(21)13-10-17-19-18-13/h5-10,14H,3-4,11H2,1-2H3,(H,16,21)(H,17,18,19). The van der Waals surface area contributed by atoms with E-state index in [1.165, 1.54) is 11.8 Å². The van der Waals surface area contributed by atoms with Crippen LogP contribution < -0.4 is 5.32 Å². The van der Waals surface area contributed by atoms with E-state index in [0.29, 0.717) is 12.2 Å². The Hall–Kier alpha value is -2.21. The molecule has 0 fully saturated rings. The normalized spacial score (nSPS) is 12.3. The van der Waals surface area contributed by atoms with Gasteiger partial charge in [-0.1, -0.05) is 44.2 Å². The fraction of sp³-hybridized carbons (Fsp3) is 0.400. The molecule has 6 heteroatoms. The molecule has 2 rings (SSSR count). The minimum absolute atomic E-state index is 0.150. The molecule has 1 heterocycles. The predicted molar refractivity (Wildman–Crippen MR) is 80.8 cm³/mol. The first kappa shape index (κ1) is 15.2. The maximum absolute atomic E-state index is 12.0. The second kappa shape index (κ2) is 7.54. The number of carbonyl (C=O) groups is 1. The molecule has 1 unspecified atom stereocenters. The number of likely N-dealkylation sites (N-methyl/N-ethyl adjacent to an activating group) is 1. The number of hydrogen-bond donors (Lipinski definition) is 2. The van der Waals surface area contributed by atoms with Crippen molar-refractivity contribution in [3.8, 4) is 0 Å². The minimum atomic E-state index is -0.211. The van der Waals surface area contributed by atoms with Crippen LogP contribution in [0.15, 0.2) is 36.5 Å². The largest absolute Gasteiger partial charge is 0.349 e. The zero-order valence-corrected chi connectivity index (χ0v) is 12.4. The van der Waals surface area contributed by atoms with Crippen molar-refractivity contribution in [2.75, 3.05) is 19.6 Å². The first-order valence-electron chi connectivity index (χ1n) is 7.19. The van der Waals surface area contributed by atoms with E-state index in [1.54, 1.807) is 0 Å². The van der Waals surface area contributed by atoms with Crippen LogP contribution >= 0.6 is 0 Å². The highest BCUT2D eigenvalue weighted by Crippen LogP contribution is 2.19. The molecule has 0 aliphatic heterocycles. The topological polar surface area (TPSA) is 73.9 Å². The quantitative estimate of drug-likeness (QED) is 0.811. The van der Waals surface area contributed by atoms with Crippen LogP contribution in [0.25, 0.3) is 0 Å². The van der Waals surface area contributed by atoms with Crippen LogP contribution in [0.5, 0.6) is 0 Å². The van der Waals surface area contributed by atoms with Crippen molar-refractivity contribution in [1.82, 2.24) is 25.6 Å². The van der Waals surface area contributed by atoms with Crippen molar-refractivity contribution in [3.63, 3.8) is 0 Å². The SMILES string of the molecule is CCN(CC)C(CNC(=O)c1cn[nH]n1)c1ccccc1. The van der Waals surface area contributed by atoms with Gasteiger partial charge in [-0.05, 0) is 18.7 Å². The van der Waals surface area contributed by atoms with E-state index in [9.17, 15) is 4.79 Å². The second-order valence-electron chi connectivity index (χ2n) is 4.71. The number of benzene rings is 1. The molecule has 0 spiro atoms. The Morgan fingerprint density at radius 2 is 2.00 bits per heavy atom. The summed E-state index contributed by atoms with van der Waals surface area (Å²) in [4.78, 5) is 14.3. The zero-order valence-electron chi connectivity index (χ0n) is 12.4. The van der Waals surface area contributed by atoms with E-state index < -0.39 is 0 Å². The molecule has 1 atom stereocenters. The van der Waals surface area contributed by atoms with Gasteiger partial charge in [-0.25, -0.2) is 0 Å². The summed E-state index contributed by atoms with van der Waals surface area (Å²) >= 11 is 0. The van der Waals surface area contributed by atoms with Gasteiger partial charge in [-0.3, -0.25) is 9.69 Å². The lowest BCUT2D eigenvalue weighted by molar-refractivity contribution is 0.0930. The van der Waals surface area contributed by atoms with Crippen LogP contribution in [-0.4, -0.2) is 45.9 Å². The molecular weight excluding hydrogens is 266 g/mol. The van der Waals surface area contributed by atoms with E-state index in [-0.39, 0.29) is 11.9 Å². The van der Waals surface area contributed by atoms with Crippen molar-refractivity contribution in [1.29, 1.82) is 0 Å². The third-order valence-corrected chi connectivity index (χ3v) is 3.54. The van der Waals surface area contributed by atoms with Crippen LogP contribution in [0.3, 0.4) is 0 Å². The van der Waals surface area contributed by atoms with Crippen LogP contribution in [0, 0.1) is 0 Å². The summed E-state index contributed by atoms with van der Waals surface area (Å²) in [5.41, 5.74) is 1.50. The highest BCUT2D eigenvalue weighted by atomic mass is 16.2. The van der Waals surface area contributed by atoms with Gasteiger partial charge in [0.05, 0.1) is 12.2 Å². The summed E-state index contributed by atoms with van der Waals surface area (Å²) in [6.45, 7) is 6.64. The lowest BCUT2D eigenvalue weighted by Gasteiger charge is -2.30. The summed E-state index contributed by atoms with van der Waals surface area (Å²) < 4.78 is 0. The maximum Gasteiger partial charge on any atom is 0.273 e. The Bertz CT molecular complexity index is 536. The predicted octanol–water partition coefficient (Wildman–Crippen LogP) is 1.62. The molecule has 0 saturated carbocycles. The third-order valence-electron chi connectivity index (χ3n) is 3.54. The lowest BCUT2D eigenvalue weighted by atomic mass is 10.1. The number of nitrogens with zero attached hydrogens (tertiary/aromatic N) is 3. The first-order valence-corrected chi connectivity index (χ1v) is 7.19. The average Bonchev–Trinajstić information content (AvgIpc) is 3.06. The van der Waals surface area contributed by atoms with Gasteiger partial charge in [-0.2, -0.15) is 15.4 Å². The second-order valence-corrected chi connectivity index (χ2v) is 4.71. The molecule has 112 valence electrons. The Labute approximate surface area is 124 Å². The van der Waals surface area contributed by atoms with Crippen LogP contribution in [0.1, 0.15) is 35.9 Å². The molecule has 0 aliphatic carbocycles. The number of aromatic amines is 1. The number of hydrogen-bond acceptors (Lipinski definition) is 4. The molecular formula is C15H21N5O. The molecule has 1 aromatic carbocycles. The summed E-state index contributed by atoms with van der Waals surface area (Å²) in [5.74, 6) is -0.211. The number of amides is 1. The molecule has 0 radical (unpaired) electrons. The number of nitrogens with one attached hydrogen (secondary N) is 2. The summed E-state index contributed by atoms with van der Waals surface area (Å²) in [7, 11) is 0. The Morgan fingerprint density at radius 1 is 1.29 bits per heavy atom. The van der Waals surface area contributed by atoms with Gasteiger partial charge in [0.25, 0.3) is 5.91 Å². The van der Waals surface area contributed by atoms with Gasteiger partial charge in [0.15, 0.2) is 5.69 Å². The van der Waals surface area contributed by atoms with Gasteiger partial charge < -0.3 is 5.32 Å². The first-order chi connectivity index (χ1) is 10.3. The molecule has 2 aromatic rings. The summed E-state index contributed by atoms with van der Waals surface area (Å²) in [6, 6.07) is 10.4. The average molecular weight is 287 g/mol. The highest BCUT2D eigenvalue weighted by molar-refractivity contribution is 5.91. The van der Waals surface area contributed by atoms with Crippen molar-refractivity contribution in [3.05, 3.63) is 47.8 Å². The highest BCUT2D eigenvalue weighted by Gasteiger charge is 2.19. The van der Waals surface area contributed by atoms with Crippen molar-refractivity contribution >= 4 is 5.91 Å². The van der Waals surface area contributed by atoms with Crippen molar-refractivity contribution < 1.29 is 4.79 Å². The number of H-pyrrole nitrogens is 1. The van der Waals surface area contributed by atoms with E-state index in [1.807, 2.05) is 18.2 Å². The van der Waals surface area contributed by atoms with Gasteiger partial charge in [0.2, 0.25) is 0 Å². The fourth-order valence-corrected chi connectivity index (χ4v) is 2.39. The number of carbonyl (C=O) groups excluding carboxylic acids is 1. The number of rotatable bonds is 7. The van der Waals surface area contributed by atoms with Gasteiger partial charge in [-0.15, -0.1) is 0 Å². The Morgan fingerprint density at radius 3 is 2.57 bits per heavy atom. The van der Waals surface area contributed by atoms with Crippen LogP contribution in [-0.2, 0) is 0 Å². The molecule has 1 aromatic heterocycles. The van der Waals surface area contributed by atoms with Crippen LogP contribution in [0.4, 0.5) is 0 Å². The third kappa shape index (κ3) is 3.88. The smallest absolute Gasteiger partial charge is 0.273 e. The van der Waals surface area contributed by atoms with Gasteiger partial charge >= 0.3 is 0 Å².